The molecule has 7 nitrogen and oxygen atoms in total. The Balaban J connectivity index is 1.94. The van der Waals surface area contributed by atoms with Gasteiger partial charge in [-0.2, -0.15) is 0 Å². The van der Waals surface area contributed by atoms with Crippen molar-refractivity contribution >= 4 is 29.4 Å². The number of nitrogens with one attached hydrogen (secondary N) is 2. The molecule has 2 aromatic carbocycles. The first-order valence-electron chi connectivity index (χ1n) is 7.05. The smallest absolute Gasteiger partial charge is 0.308 e. The molecule has 0 atom stereocenters. The summed E-state index contributed by atoms with van der Waals surface area (Å²) in [5.74, 6) is -2.09. The van der Waals surface area contributed by atoms with Gasteiger partial charge in [-0.1, -0.05) is 18.2 Å². The minimum absolute atomic E-state index is 0.107. The van der Waals surface area contributed by atoms with E-state index in [2.05, 4.69) is 10.6 Å². The van der Waals surface area contributed by atoms with Crippen LogP contribution in [0, 0.1) is 0 Å². The van der Waals surface area contributed by atoms with Gasteiger partial charge in [-0.3, -0.25) is 24.5 Å². The van der Waals surface area contributed by atoms with Crippen molar-refractivity contribution < 1.29 is 23.9 Å². The first-order valence-corrected chi connectivity index (χ1v) is 7.05. The second-order valence-corrected chi connectivity index (χ2v) is 5.06. The number of anilines is 1. The topological polar surface area (TPSA) is 102 Å². The molecular weight excluding hydrogens is 312 g/mol. The molecule has 0 saturated heterocycles. The predicted octanol–water partition coefficient (Wildman–Crippen LogP) is 1.75. The van der Waals surface area contributed by atoms with Crippen molar-refractivity contribution in [1.82, 2.24) is 5.32 Å². The number of carbonyl (C=O) groups is 4. The van der Waals surface area contributed by atoms with Gasteiger partial charge in [0, 0.05) is 6.92 Å². The van der Waals surface area contributed by atoms with Crippen molar-refractivity contribution in [2.45, 2.75) is 6.92 Å². The maximum atomic E-state index is 12.5. The van der Waals surface area contributed by atoms with Crippen molar-refractivity contribution in [2.75, 3.05) is 5.32 Å². The van der Waals surface area contributed by atoms with E-state index in [1.165, 1.54) is 31.2 Å². The van der Waals surface area contributed by atoms with Crippen LogP contribution < -0.4 is 15.4 Å². The van der Waals surface area contributed by atoms with E-state index in [1.54, 1.807) is 18.2 Å². The van der Waals surface area contributed by atoms with E-state index < -0.39 is 23.7 Å². The second-order valence-electron chi connectivity index (χ2n) is 5.06. The number of hydrogen-bond donors (Lipinski definition) is 2. The van der Waals surface area contributed by atoms with Crippen molar-refractivity contribution in [3.63, 3.8) is 0 Å². The van der Waals surface area contributed by atoms with Crippen LogP contribution in [-0.2, 0) is 4.79 Å². The minimum atomic E-state index is -0.570. The van der Waals surface area contributed by atoms with Crippen LogP contribution in [0.25, 0.3) is 0 Å². The Morgan fingerprint density at radius 2 is 1.75 bits per heavy atom. The normalized spacial score (nSPS) is 12.4. The molecule has 3 amide bonds. The third-order valence-corrected chi connectivity index (χ3v) is 3.40. The van der Waals surface area contributed by atoms with Crippen molar-refractivity contribution in [3.05, 3.63) is 59.2 Å². The van der Waals surface area contributed by atoms with Gasteiger partial charge < -0.3 is 10.1 Å². The molecule has 0 spiro atoms. The number of para-hydroxylation sites is 1. The van der Waals surface area contributed by atoms with Crippen molar-refractivity contribution in [1.29, 1.82) is 0 Å². The molecule has 0 radical (unpaired) electrons. The molecule has 0 saturated carbocycles. The number of benzene rings is 2. The lowest BCUT2D eigenvalue weighted by Gasteiger charge is -2.11. The van der Waals surface area contributed by atoms with Crippen LogP contribution >= 0.6 is 0 Å². The molecule has 2 aromatic rings. The maximum Gasteiger partial charge on any atom is 0.308 e. The number of rotatable bonds is 3. The first kappa shape index (κ1) is 15.4. The Bertz CT molecular complexity index is 888. The lowest BCUT2D eigenvalue weighted by atomic mass is 10.1. The number of hydrogen-bond acceptors (Lipinski definition) is 5. The third kappa shape index (κ3) is 2.74. The van der Waals surface area contributed by atoms with Gasteiger partial charge in [-0.25, -0.2) is 0 Å². The van der Waals surface area contributed by atoms with Gasteiger partial charge in [0.2, 0.25) is 0 Å². The summed E-state index contributed by atoms with van der Waals surface area (Å²) in [5, 5.41) is 4.75. The molecule has 2 N–H and O–H groups in total. The molecule has 7 heteroatoms. The van der Waals surface area contributed by atoms with Gasteiger partial charge in [-0.05, 0) is 24.3 Å². The Labute approximate surface area is 136 Å². The molecule has 0 aliphatic carbocycles. The van der Waals surface area contributed by atoms with Gasteiger partial charge in [0.25, 0.3) is 17.7 Å². The Hall–Kier alpha value is -3.48. The summed E-state index contributed by atoms with van der Waals surface area (Å²) < 4.78 is 5.00. The molecule has 0 aromatic heterocycles. The Morgan fingerprint density at radius 1 is 1.00 bits per heavy atom. The highest BCUT2D eigenvalue weighted by Gasteiger charge is 2.30. The fraction of sp³-hybridized carbons (Fsp3) is 0.0588. The maximum absolute atomic E-state index is 12.5. The van der Waals surface area contributed by atoms with E-state index in [0.29, 0.717) is 0 Å². The van der Waals surface area contributed by atoms with Crippen LogP contribution in [0.5, 0.6) is 5.75 Å². The summed E-state index contributed by atoms with van der Waals surface area (Å²) in [7, 11) is 0. The molecular formula is C17H12N2O5. The fourth-order valence-electron chi connectivity index (χ4n) is 2.41. The third-order valence-electron chi connectivity index (χ3n) is 3.40. The SMILES string of the molecule is CC(=O)Oc1ccccc1C(=O)Nc1cccc2c1C(=O)NC2=O. The molecule has 1 aliphatic heterocycles. The highest BCUT2D eigenvalue weighted by molar-refractivity contribution is 6.25. The van der Waals surface area contributed by atoms with Crippen LogP contribution in [0.1, 0.15) is 38.0 Å². The minimum Gasteiger partial charge on any atom is -0.426 e. The van der Waals surface area contributed by atoms with Gasteiger partial charge in [0.1, 0.15) is 5.75 Å². The standard InChI is InChI=1S/C17H12N2O5/c1-9(20)24-13-8-3-2-5-10(13)15(21)18-12-7-4-6-11-14(12)17(23)19-16(11)22/h2-8H,1H3,(H,18,21)(H,19,22,23). The average Bonchev–Trinajstić information content (AvgIpc) is 2.83. The van der Waals surface area contributed by atoms with Gasteiger partial charge in [0.05, 0.1) is 22.4 Å². The van der Waals surface area contributed by atoms with E-state index in [1.807, 2.05) is 0 Å². The monoisotopic (exact) mass is 324 g/mol. The van der Waals surface area contributed by atoms with Crippen LogP contribution in [0.15, 0.2) is 42.5 Å². The number of fused-ring (bicyclic) bond motifs is 1. The molecule has 24 heavy (non-hydrogen) atoms. The van der Waals surface area contributed by atoms with Gasteiger partial charge in [-0.15, -0.1) is 0 Å². The van der Waals surface area contributed by atoms with E-state index in [0.717, 1.165) is 0 Å². The predicted molar refractivity (Wildman–Crippen MR) is 83.9 cm³/mol. The lowest BCUT2D eigenvalue weighted by Crippen LogP contribution is -2.21. The number of ether oxygens (including phenoxy) is 1. The fourth-order valence-corrected chi connectivity index (χ4v) is 2.41. The highest BCUT2D eigenvalue weighted by atomic mass is 16.5. The summed E-state index contributed by atoms with van der Waals surface area (Å²) in [6.45, 7) is 1.23. The summed E-state index contributed by atoms with van der Waals surface area (Å²) in [4.78, 5) is 47.2. The molecule has 3 rings (SSSR count). The first-order chi connectivity index (χ1) is 11.5. The number of imide groups is 1. The molecule has 0 bridgehead atoms. The van der Waals surface area contributed by atoms with E-state index >= 15 is 0 Å². The zero-order valence-electron chi connectivity index (χ0n) is 12.6. The summed E-state index contributed by atoms with van der Waals surface area (Å²) in [5.41, 5.74) is 0.653. The molecule has 0 fully saturated rings. The molecule has 1 heterocycles. The molecule has 120 valence electrons. The van der Waals surface area contributed by atoms with E-state index in [-0.39, 0.29) is 28.1 Å². The van der Waals surface area contributed by atoms with Crippen LogP contribution in [-0.4, -0.2) is 23.7 Å². The van der Waals surface area contributed by atoms with Crippen molar-refractivity contribution in [2.24, 2.45) is 0 Å². The van der Waals surface area contributed by atoms with E-state index in [4.69, 9.17) is 4.74 Å². The zero-order chi connectivity index (χ0) is 17.3. The van der Waals surface area contributed by atoms with Crippen molar-refractivity contribution in [3.8, 4) is 5.75 Å². The Morgan fingerprint density at radius 3 is 2.50 bits per heavy atom. The number of esters is 1. The zero-order valence-corrected chi connectivity index (χ0v) is 12.6. The Kier molecular flexibility index (Phi) is 3.83. The average molecular weight is 324 g/mol. The largest absolute Gasteiger partial charge is 0.426 e. The number of amides is 3. The second kappa shape index (κ2) is 5.96. The van der Waals surface area contributed by atoms with E-state index in [9.17, 15) is 19.2 Å². The quantitative estimate of drug-likeness (QED) is 0.509. The summed E-state index contributed by atoms with van der Waals surface area (Å²) in [6, 6.07) is 10.8. The summed E-state index contributed by atoms with van der Waals surface area (Å²) in [6.07, 6.45) is 0. The van der Waals surface area contributed by atoms with Gasteiger partial charge >= 0.3 is 5.97 Å². The molecule has 1 aliphatic rings. The van der Waals surface area contributed by atoms with Gasteiger partial charge in [0.15, 0.2) is 0 Å². The molecule has 0 unspecified atom stereocenters. The highest BCUT2D eigenvalue weighted by Crippen LogP contribution is 2.26. The number of carbonyl (C=O) groups excluding carboxylic acids is 4. The lowest BCUT2D eigenvalue weighted by molar-refractivity contribution is -0.131. The van der Waals surface area contributed by atoms with Crippen LogP contribution in [0.2, 0.25) is 0 Å². The van der Waals surface area contributed by atoms with Crippen LogP contribution in [0.3, 0.4) is 0 Å². The summed E-state index contributed by atoms with van der Waals surface area (Å²) >= 11 is 0. The van der Waals surface area contributed by atoms with Crippen LogP contribution in [0.4, 0.5) is 5.69 Å².